The Morgan fingerprint density at radius 1 is 1.25 bits per heavy atom. The molecule has 2 nitrogen and oxygen atoms in total. The lowest BCUT2D eigenvalue weighted by Gasteiger charge is -2.36. The topological polar surface area (TPSA) is 18.5 Å². The molecule has 0 unspecified atom stereocenters. The predicted molar refractivity (Wildman–Crippen MR) is 46.3 cm³/mol. The van der Waals surface area contributed by atoms with Gasteiger partial charge in [-0.3, -0.25) is 0 Å². The van der Waals surface area contributed by atoms with Crippen LogP contribution in [-0.4, -0.2) is 5.79 Å². The van der Waals surface area contributed by atoms with E-state index in [1.54, 1.807) is 0 Å². The van der Waals surface area contributed by atoms with Gasteiger partial charge < -0.3 is 9.47 Å². The minimum Gasteiger partial charge on any atom is -0.453 e. The second kappa shape index (κ2) is 2.41. The molecule has 0 bridgehead atoms. The first-order chi connectivity index (χ1) is 5.63. The van der Waals surface area contributed by atoms with E-state index >= 15 is 0 Å². The first-order valence-corrected chi connectivity index (χ1v) is 4.72. The molecule has 0 atom stereocenters. The Kier molecular flexibility index (Phi) is 1.60. The highest BCUT2D eigenvalue weighted by molar-refractivity contribution is 5.10. The van der Waals surface area contributed by atoms with Crippen LogP contribution in [0.4, 0.5) is 0 Å². The van der Waals surface area contributed by atoms with Gasteiger partial charge in [0.15, 0.2) is 0 Å². The van der Waals surface area contributed by atoms with Crippen molar-refractivity contribution in [2.45, 2.75) is 45.8 Å². The van der Waals surface area contributed by atoms with Gasteiger partial charge in [-0.25, -0.2) is 0 Å². The predicted octanol–water partition coefficient (Wildman–Crippen LogP) is 2.80. The Labute approximate surface area is 73.5 Å². The summed E-state index contributed by atoms with van der Waals surface area (Å²) in [5.41, 5.74) is 0. The van der Waals surface area contributed by atoms with Gasteiger partial charge in [-0.15, -0.1) is 0 Å². The second-order valence-electron chi connectivity index (χ2n) is 4.04. The van der Waals surface area contributed by atoms with E-state index in [1.165, 1.54) is 6.42 Å². The Balaban J connectivity index is 2.11. The maximum absolute atomic E-state index is 5.82. The van der Waals surface area contributed by atoms with Crippen molar-refractivity contribution in [2.75, 3.05) is 0 Å². The summed E-state index contributed by atoms with van der Waals surface area (Å²) >= 11 is 0. The highest BCUT2D eigenvalue weighted by Gasteiger charge is 2.47. The molecule has 1 heterocycles. The standard InChI is InChI=1S/C10H16O2/c1-7(2)9-8(3)11-10(12-9)5-4-6-10/h7H,4-6H2,1-3H3. The minimum absolute atomic E-state index is 0.232. The molecule has 0 amide bonds. The van der Waals surface area contributed by atoms with Gasteiger partial charge in [0.2, 0.25) is 0 Å². The van der Waals surface area contributed by atoms with Crippen molar-refractivity contribution < 1.29 is 9.47 Å². The van der Waals surface area contributed by atoms with Crippen molar-refractivity contribution in [1.82, 2.24) is 0 Å². The maximum Gasteiger partial charge on any atom is 0.250 e. The lowest BCUT2D eigenvalue weighted by molar-refractivity contribution is -0.205. The molecule has 2 heteroatoms. The Bertz CT molecular complexity index is 224. The lowest BCUT2D eigenvalue weighted by Crippen LogP contribution is -2.38. The van der Waals surface area contributed by atoms with Crippen LogP contribution in [0.2, 0.25) is 0 Å². The fourth-order valence-corrected chi connectivity index (χ4v) is 1.82. The van der Waals surface area contributed by atoms with Gasteiger partial charge in [-0.05, 0) is 13.3 Å². The summed E-state index contributed by atoms with van der Waals surface area (Å²) in [7, 11) is 0. The van der Waals surface area contributed by atoms with Crippen molar-refractivity contribution >= 4 is 0 Å². The van der Waals surface area contributed by atoms with Crippen molar-refractivity contribution in [3.05, 3.63) is 11.5 Å². The maximum atomic E-state index is 5.82. The third-order valence-electron chi connectivity index (χ3n) is 2.62. The number of ether oxygens (including phenoxy) is 2. The van der Waals surface area contributed by atoms with E-state index in [0.717, 1.165) is 24.4 Å². The molecule has 0 radical (unpaired) electrons. The summed E-state index contributed by atoms with van der Waals surface area (Å²) in [4.78, 5) is 0. The molecule has 0 saturated heterocycles. The van der Waals surface area contributed by atoms with Crippen LogP contribution < -0.4 is 0 Å². The van der Waals surface area contributed by atoms with Gasteiger partial charge in [0.25, 0.3) is 5.79 Å². The molecular weight excluding hydrogens is 152 g/mol. The van der Waals surface area contributed by atoms with Crippen LogP contribution in [-0.2, 0) is 9.47 Å². The quantitative estimate of drug-likeness (QED) is 0.599. The molecular formula is C10H16O2. The van der Waals surface area contributed by atoms with Crippen LogP contribution in [0.1, 0.15) is 40.0 Å². The SMILES string of the molecule is CC1=C(C(C)C)OC2(CCC2)O1. The van der Waals surface area contributed by atoms with Gasteiger partial charge in [0.1, 0.15) is 11.5 Å². The fraction of sp³-hybridized carbons (Fsp3) is 0.800. The first kappa shape index (κ1) is 7.96. The highest BCUT2D eigenvalue weighted by atomic mass is 16.7. The van der Waals surface area contributed by atoms with E-state index < -0.39 is 0 Å². The smallest absolute Gasteiger partial charge is 0.250 e. The van der Waals surface area contributed by atoms with Crippen molar-refractivity contribution in [3.8, 4) is 0 Å². The summed E-state index contributed by atoms with van der Waals surface area (Å²) in [6.45, 7) is 6.28. The third kappa shape index (κ3) is 1.01. The largest absolute Gasteiger partial charge is 0.453 e. The van der Waals surface area contributed by atoms with E-state index in [4.69, 9.17) is 9.47 Å². The fourth-order valence-electron chi connectivity index (χ4n) is 1.82. The summed E-state index contributed by atoms with van der Waals surface area (Å²) in [6.07, 6.45) is 3.35. The van der Waals surface area contributed by atoms with Gasteiger partial charge in [0, 0.05) is 18.8 Å². The molecule has 12 heavy (non-hydrogen) atoms. The molecule has 2 aliphatic rings. The Morgan fingerprint density at radius 2 is 1.92 bits per heavy atom. The summed E-state index contributed by atoms with van der Waals surface area (Å²) in [5.74, 6) is 2.26. The molecule has 68 valence electrons. The van der Waals surface area contributed by atoms with Crippen LogP contribution in [0.15, 0.2) is 11.5 Å². The number of allylic oxidation sites excluding steroid dienone is 2. The normalized spacial score (nSPS) is 25.7. The van der Waals surface area contributed by atoms with Gasteiger partial charge in [-0.1, -0.05) is 13.8 Å². The lowest BCUT2D eigenvalue weighted by atomic mass is 9.91. The zero-order valence-corrected chi connectivity index (χ0v) is 8.02. The summed E-state index contributed by atoms with van der Waals surface area (Å²) in [5, 5.41) is 0. The van der Waals surface area contributed by atoms with Crippen molar-refractivity contribution in [2.24, 2.45) is 5.92 Å². The molecule has 0 aromatic carbocycles. The first-order valence-electron chi connectivity index (χ1n) is 4.72. The molecule has 1 aliphatic carbocycles. The molecule has 0 aromatic rings. The molecule has 0 aromatic heterocycles. The van der Waals surface area contributed by atoms with E-state index in [-0.39, 0.29) is 5.79 Å². The molecule has 1 fully saturated rings. The van der Waals surface area contributed by atoms with E-state index in [1.807, 2.05) is 6.92 Å². The van der Waals surface area contributed by atoms with Gasteiger partial charge in [-0.2, -0.15) is 0 Å². The minimum atomic E-state index is -0.232. The molecule has 2 rings (SSSR count). The van der Waals surface area contributed by atoms with Crippen LogP contribution in [0.5, 0.6) is 0 Å². The van der Waals surface area contributed by atoms with E-state index in [9.17, 15) is 0 Å². The average molecular weight is 168 g/mol. The van der Waals surface area contributed by atoms with E-state index in [2.05, 4.69) is 13.8 Å². The highest BCUT2D eigenvalue weighted by Crippen LogP contribution is 2.46. The Hall–Kier alpha value is -0.660. The average Bonchev–Trinajstić information content (AvgIpc) is 2.26. The molecule has 1 saturated carbocycles. The Morgan fingerprint density at radius 3 is 2.17 bits per heavy atom. The van der Waals surface area contributed by atoms with E-state index in [0.29, 0.717) is 5.92 Å². The zero-order valence-electron chi connectivity index (χ0n) is 8.02. The monoisotopic (exact) mass is 168 g/mol. The van der Waals surface area contributed by atoms with Crippen LogP contribution in [0.3, 0.4) is 0 Å². The molecule has 0 N–H and O–H groups in total. The number of hydrogen-bond acceptors (Lipinski definition) is 2. The van der Waals surface area contributed by atoms with Crippen molar-refractivity contribution in [3.63, 3.8) is 0 Å². The third-order valence-corrected chi connectivity index (χ3v) is 2.62. The van der Waals surface area contributed by atoms with Gasteiger partial charge in [0.05, 0.1) is 0 Å². The van der Waals surface area contributed by atoms with Crippen LogP contribution >= 0.6 is 0 Å². The van der Waals surface area contributed by atoms with Crippen LogP contribution in [0.25, 0.3) is 0 Å². The molecule has 1 aliphatic heterocycles. The van der Waals surface area contributed by atoms with Gasteiger partial charge >= 0.3 is 0 Å². The van der Waals surface area contributed by atoms with Crippen molar-refractivity contribution in [1.29, 1.82) is 0 Å². The molecule has 1 spiro atoms. The number of rotatable bonds is 1. The second-order valence-corrected chi connectivity index (χ2v) is 4.04. The number of hydrogen-bond donors (Lipinski definition) is 0. The van der Waals surface area contributed by atoms with Crippen LogP contribution in [0, 0.1) is 5.92 Å². The summed E-state index contributed by atoms with van der Waals surface area (Å²) in [6, 6.07) is 0. The summed E-state index contributed by atoms with van der Waals surface area (Å²) < 4.78 is 11.5. The zero-order chi connectivity index (χ0) is 8.77.